The third-order valence-electron chi connectivity index (χ3n) is 1.65. The Bertz CT molecular complexity index is 103. The molecule has 1 unspecified atom stereocenters. The van der Waals surface area contributed by atoms with Crippen LogP contribution in [-0.2, 0) is 0 Å². The second kappa shape index (κ2) is 2.81. The van der Waals surface area contributed by atoms with Gasteiger partial charge in [0.1, 0.15) is 5.79 Å². The largest absolute Gasteiger partial charge is 0.330 e. The van der Waals surface area contributed by atoms with E-state index in [0.717, 1.165) is 0 Å². The summed E-state index contributed by atoms with van der Waals surface area (Å²) in [6, 6.07) is 0. The van der Waals surface area contributed by atoms with Gasteiger partial charge in [-0.1, -0.05) is 0 Å². The maximum absolute atomic E-state index is 5.65. The lowest BCUT2D eigenvalue weighted by atomic mass is 9.92. The quantitative estimate of drug-likeness (QED) is 0.284. The Morgan fingerprint density at radius 2 is 1.50 bits per heavy atom. The van der Waals surface area contributed by atoms with Gasteiger partial charge in [0.2, 0.25) is 0 Å². The molecule has 0 aliphatic rings. The summed E-state index contributed by atoms with van der Waals surface area (Å²) >= 11 is 0. The van der Waals surface area contributed by atoms with Crippen LogP contribution in [0.15, 0.2) is 0 Å². The van der Waals surface area contributed by atoms with Gasteiger partial charge in [-0.3, -0.25) is 17.2 Å². The number of hydrogen-bond acceptors (Lipinski definition) is 5. The van der Waals surface area contributed by atoms with Gasteiger partial charge in [-0.15, -0.1) is 0 Å². The molecule has 0 saturated heterocycles. The van der Waals surface area contributed by atoms with Crippen LogP contribution in [0.4, 0.5) is 0 Å². The molecule has 0 amide bonds. The molecule has 5 heteroatoms. The summed E-state index contributed by atoms with van der Waals surface area (Å²) in [6.07, 6.45) is 0.510. The van der Waals surface area contributed by atoms with Crippen LogP contribution in [0.3, 0.4) is 0 Å². The van der Waals surface area contributed by atoms with Crippen LogP contribution >= 0.6 is 0 Å². The highest BCUT2D eigenvalue weighted by Crippen LogP contribution is 2.09. The van der Waals surface area contributed by atoms with Crippen molar-refractivity contribution >= 4 is 0 Å². The van der Waals surface area contributed by atoms with Crippen molar-refractivity contribution in [1.82, 2.24) is 0 Å². The van der Waals surface area contributed by atoms with Crippen molar-refractivity contribution in [3.05, 3.63) is 0 Å². The van der Waals surface area contributed by atoms with Crippen LogP contribution in [0.25, 0.3) is 0 Å². The molecule has 62 valence electrons. The fourth-order valence-electron chi connectivity index (χ4n) is 0.516. The summed E-state index contributed by atoms with van der Waals surface area (Å²) in [5.41, 5.74) is 26.2. The molecule has 0 aliphatic carbocycles. The van der Waals surface area contributed by atoms with Gasteiger partial charge in [-0.05, 0) is 19.9 Å². The van der Waals surface area contributed by atoms with Crippen molar-refractivity contribution in [2.75, 3.05) is 6.54 Å². The number of hydrogen-bond donors (Lipinski definition) is 5. The van der Waals surface area contributed by atoms with Crippen LogP contribution in [0.5, 0.6) is 0 Å². The van der Waals surface area contributed by atoms with Crippen LogP contribution < -0.4 is 28.7 Å². The first kappa shape index (κ1) is 9.80. The van der Waals surface area contributed by atoms with Crippen molar-refractivity contribution in [2.24, 2.45) is 28.7 Å². The molecule has 0 aromatic carbocycles. The molecule has 10 N–H and O–H groups in total. The minimum absolute atomic E-state index is 0.431. The average molecular weight is 147 g/mol. The molecule has 10 heavy (non-hydrogen) atoms. The molecular formula is C5H17N5. The van der Waals surface area contributed by atoms with E-state index in [1.165, 1.54) is 0 Å². The van der Waals surface area contributed by atoms with E-state index < -0.39 is 11.3 Å². The molecule has 0 aromatic heterocycles. The van der Waals surface area contributed by atoms with E-state index in [1.807, 2.05) is 0 Å². The standard InChI is InChI=1S/C5H17N5/c1-4(7,2-3-6)5(8,9)10/h2-3,6-10H2,1H3. The number of nitrogens with two attached hydrogens (primary N) is 5. The van der Waals surface area contributed by atoms with Crippen molar-refractivity contribution < 1.29 is 0 Å². The molecule has 0 saturated carbocycles. The van der Waals surface area contributed by atoms with E-state index in [1.54, 1.807) is 6.92 Å². The first-order valence-corrected chi connectivity index (χ1v) is 3.17. The normalized spacial score (nSPS) is 18.6. The smallest absolute Gasteiger partial charge is 0.134 e. The van der Waals surface area contributed by atoms with Crippen LogP contribution in [0.2, 0.25) is 0 Å². The lowest BCUT2D eigenvalue weighted by molar-refractivity contribution is 0.240. The summed E-state index contributed by atoms with van der Waals surface area (Å²) in [6.45, 7) is 2.11. The zero-order valence-electron chi connectivity index (χ0n) is 6.30. The third kappa shape index (κ3) is 2.20. The Morgan fingerprint density at radius 3 is 1.60 bits per heavy atom. The highest BCUT2D eigenvalue weighted by Gasteiger charge is 2.34. The molecule has 0 rings (SSSR count). The van der Waals surface area contributed by atoms with Crippen molar-refractivity contribution in [1.29, 1.82) is 0 Å². The Morgan fingerprint density at radius 1 is 1.10 bits per heavy atom. The van der Waals surface area contributed by atoms with E-state index in [0.29, 0.717) is 13.0 Å². The lowest BCUT2D eigenvalue weighted by Gasteiger charge is -2.36. The second-order valence-electron chi connectivity index (χ2n) is 2.89. The van der Waals surface area contributed by atoms with Gasteiger partial charge in [-0.2, -0.15) is 0 Å². The van der Waals surface area contributed by atoms with Crippen LogP contribution in [-0.4, -0.2) is 17.9 Å². The highest BCUT2D eigenvalue weighted by atomic mass is 15.2. The van der Waals surface area contributed by atoms with Crippen molar-refractivity contribution in [3.8, 4) is 0 Å². The minimum atomic E-state index is -1.35. The molecule has 0 aromatic rings. The zero-order valence-corrected chi connectivity index (χ0v) is 6.30. The second-order valence-corrected chi connectivity index (χ2v) is 2.89. The molecule has 0 bridgehead atoms. The molecule has 0 spiro atoms. The molecule has 1 atom stereocenters. The average Bonchev–Trinajstić information content (AvgIpc) is 1.61. The monoisotopic (exact) mass is 147 g/mol. The molecule has 0 fully saturated rings. The van der Waals surface area contributed by atoms with Gasteiger partial charge >= 0.3 is 0 Å². The van der Waals surface area contributed by atoms with Gasteiger partial charge in [0.05, 0.1) is 5.54 Å². The topological polar surface area (TPSA) is 130 Å². The van der Waals surface area contributed by atoms with Gasteiger partial charge in [0, 0.05) is 0 Å². The first-order valence-electron chi connectivity index (χ1n) is 3.17. The van der Waals surface area contributed by atoms with Gasteiger partial charge in [-0.25, -0.2) is 0 Å². The van der Waals surface area contributed by atoms with Gasteiger partial charge < -0.3 is 11.5 Å². The summed E-state index contributed by atoms with van der Waals surface area (Å²) in [4.78, 5) is 0. The number of rotatable bonds is 3. The summed E-state index contributed by atoms with van der Waals surface area (Å²) in [5, 5.41) is 0. The summed E-state index contributed by atoms with van der Waals surface area (Å²) in [5.74, 6) is -1.35. The fourth-order valence-corrected chi connectivity index (χ4v) is 0.516. The molecule has 0 aliphatic heterocycles. The molecule has 5 nitrogen and oxygen atoms in total. The predicted octanol–water partition coefficient (Wildman–Crippen LogP) is -2.42. The highest BCUT2D eigenvalue weighted by molar-refractivity contribution is 4.95. The van der Waals surface area contributed by atoms with Crippen LogP contribution in [0.1, 0.15) is 13.3 Å². The maximum Gasteiger partial charge on any atom is 0.134 e. The Kier molecular flexibility index (Phi) is 2.76. The summed E-state index contributed by atoms with van der Waals surface area (Å²) in [7, 11) is 0. The first-order chi connectivity index (χ1) is 4.31. The van der Waals surface area contributed by atoms with Gasteiger partial charge in [0.15, 0.2) is 0 Å². The van der Waals surface area contributed by atoms with Crippen molar-refractivity contribution in [3.63, 3.8) is 0 Å². The fraction of sp³-hybridized carbons (Fsp3) is 1.00. The molecular weight excluding hydrogens is 130 g/mol. The van der Waals surface area contributed by atoms with E-state index in [9.17, 15) is 0 Å². The molecule has 0 heterocycles. The van der Waals surface area contributed by atoms with E-state index >= 15 is 0 Å². The molecule has 0 radical (unpaired) electrons. The Hall–Kier alpha value is -0.200. The Labute approximate surface area is 60.9 Å². The zero-order chi connectivity index (χ0) is 8.41. The third-order valence-corrected chi connectivity index (χ3v) is 1.65. The van der Waals surface area contributed by atoms with E-state index in [4.69, 9.17) is 28.7 Å². The predicted molar refractivity (Wildman–Crippen MR) is 41.6 cm³/mol. The van der Waals surface area contributed by atoms with E-state index in [2.05, 4.69) is 0 Å². The minimum Gasteiger partial charge on any atom is -0.330 e. The Balaban J connectivity index is 4.10. The summed E-state index contributed by atoms with van der Waals surface area (Å²) < 4.78 is 0. The van der Waals surface area contributed by atoms with E-state index in [-0.39, 0.29) is 0 Å². The lowest BCUT2D eigenvalue weighted by Crippen LogP contribution is -2.75. The van der Waals surface area contributed by atoms with Gasteiger partial charge in [0.25, 0.3) is 0 Å². The van der Waals surface area contributed by atoms with Crippen molar-refractivity contribution in [2.45, 2.75) is 24.7 Å². The SMILES string of the molecule is CC(N)(CCN)C(N)(N)N. The maximum atomic E-state index is 5.65. The van der Waals surface area contributed by atoms with Crippen LogP contribution in [0, 0.1) is 0 Å².